The lowest BCUT2D eigenvalue weighted by Gasteiger charge is -1.98. The first kappa shape index (κ1) is 8.81. The average molecular weight is 185 g/mol. The molecule has 0 saturated heterocycles. The minimum atomic E-state index is 0.815. The average Bonchev–Trinajstić information content (AvgIpc) is 2.48. The number of allylic oxidation sites excluding steroid dienone is 2. The fourth-order valence-corrected chi connectivity index (χ4v) is 1.31. The summed E-state index contributed by atoms with van der Waals surface area (Å²) in [5.41, 5.74) is 2.23. The second-order valence-corrected chi connectivity index (χ2v) is 3.08. The summed E-state index contributed by atoms with van der Waals surface area (Å²) in [5, 5.41) is 11.4. The van der Waals surface area contributed by atoms with Crippen molar-refractivity contribution in [1.29, 1.82) is 0 Å². The molecule has 1 aromatic carbocycles. The van der Waals surface area contributed by atoms with E-state index in [1.165, 1.54) is 5.56 Å². The second-order valence-electron chi connectivity index (χ2n) is 3.08. The largest absolute Gasteiger partial charge is 0.143 e. The zero-order valence-electron chi connectivity index (χ0n) is 7.80. The van der Waals surface area contributed by atoms with Gasteiger partial charge in [-0.15, -0.1) is 10.2 Å². The maximum absolute atomic E-state index is 4.01. The van der Waals surface area contributed by atoms with Crippen LogP contribution in [0, 0.1) is 0 Å². The fourth-order valence-electron chi connectivity index (χ4n) is 1.31. The van der Waals surface area contributed by atoms with Gasteiger partial charge in [0.2, 0.25) is 0 Å². The van der Waals surface area contributed by atoms with E-state index < -0.39 is 0 Å². The van der Waals surface area contributed by atoms with E-state index in [1.807, 2.05) is 24.3 Å². The third kappa shape index (κ3) is 2.36. The Morgan fingerprint density at radius 1 is 1.14 bits per heavy atom. The topological polar surface area (TPSA) is 37.1 Å². The Morgan fingerprint density at radius 3 is 2.86 bits per heavy atom. The van der Waals surface area contributed by atoms with Crippen molar-refractivity contribution >= 4 is 6.21 Å². The summed E-state index contributed by atoms with van der Waals surface area (Å²) in [6, 6.07) is 10.2. The van der Waals surface area contributed by atoms with Gasteiger partial charge < -0.3 is 0 Å². The van der Waals surface area contributed by atoms with Crippen molar-refractivity contribution in [2.45, 2.75) is 12.8 Å². The molecule has 2 rings (SSSR count). The minimum absolute atomic E-state index is 0.815. The van der Waals surface area contributed by atoms with E-state index in [-0.39, 0.29) is 0 Å². The third-order valence-corrected chi connectivity index (χ3v) is 1.99. The van der Waals surface area contributed by atoms with Crippen LogP contribution in [0.15, 0.2) is 57.5 Å². The molecule has 0 bridgehead atoms. The van der Waals surface area contributed by atoms with Crippen molar-refractivity contribution in [1.82, 2.24) is 0 Å². The highest BCUT2D eigenvalue weighted by Gasteiger charge is 1.98. The van der Waals surface area contributed by atoms with E-state index in [4.69, 9.17) is 0 Å². The van der Waals surface area contributed by atoms with Gasteiger partial charge in [0, 0.05) is 19.1 Å². The highest BCUT2D eigenvalue weighted by atomic mass is 15.4. The van der Waals surface area contributed by atoms with Crippen molar-refractivity contribution < 1.29 is 0 Å². The van der Waals surface area contributed by atoms with Crippen molar-refractivity contribution in [3.63, 3.8) is 0 Å². The lowest BCUT2D eigenvalue weighted by molar-refractivity contribution is 0.969. The van der Waals surface area contributed by atoms with Gasteiger partial charge in [0.05, 0.1) is 5.70 Å². The molecule has 70 valence electrons. The first-order valence-electron chi connectivity index (χ1n) is 4.60. The van der Waals surface area contributed by atoms with Gasteiger partial charge in [-0.1, -0.05) is 36.4 Å². The lowest BCUT2D eigenvalue weighted by atomic mass is 10.1. The Kier molecular flexibility index (Phi) is 2.81. The quantitative estimate of drug-likeness (QED) is 0.679. The summed E-state index contributed by atoms with van der Waals surface area (Å²) in [7, 11) is 0. The van der Waals surface area contributed by atoms with Crippen LogP contribution in [-0.2, 0) is 6.42 Å². The Hall–Kier alpha value is -1.77. The van der Waals surface area contributed by atoms with Crippen molar-refractivity contribution in [3.8, 4) is 0 Å². The number of benzene rings is 1. The van der Waals surface area contributed by atoms with Crippen LogP contribution in [-0.4, -0.2) is 6.21 Å². The predicted octanol–water partition coefficient (Wildman–Crippen LogP) is 2.95. The summed E-state index contributed by atoms with van der Waals surface area (Å²) in [5.74, 6) is 0. The van der Waals surface area contributed by atoms with E-state index >= 15 is 0 Å². The van der Waals surface area contributed by atoms with Gasteiger partial charge in [-0.25, -0.2) is 0 Å². The van der Waals surface area contributed by atoms with E-state index in [0.717, 1.165) is 18.5 Å². The molecule has 0 aromatic heterocycles. The number of hydrogen-bond donors (Lipinski definition) is 0. The van der Waals surface area contributed by atoms with Gasteiger partial charge in [0.15, 0.2) is 0 Å². The van der Waals surface area contributed by atoms with Crippen LogP contribution in [0.3, 0.4) is 0 Å². The van der Waals surface area contributed by atoms with Crippen LogP contribution < -0.4 is 0 Å². The van der Waals surface area contributed by atoms with Crippen molar-refractivity contribution in [2.75, 3.05) is 0 Å². The summed E-state index contributed by atoms with van der Waals surface area (Å²) in [6.45, 7) is 0. The van der Waals surface area contributed by atoms with Gasteiger partial charge in [0.25, 0.3) is 0 Å². The van der Waals surface area contributed by atoms with Gasteiger partial charge >= 0.3 is 0 Å². The first-order chi connectivity index (χ1) is 6.95. The molecular weight excluding hydrogens is 174 g/mol. The maximum Gasteiger partial charge on any atom is 0.0656 e. The van der Waals surface area contributed by atoms with Gasteiger partial charge in [-0.3, -0.25) is 0 Å². The molecule has 1 aliphatic rings. The van der Waals surface area contributed by atoms with Gasteiger partial charge in [-0.05, 0) is 10.8 Å². The molecule has 0 amide bonds. The molecule has 1 aromatic rings. The molecule has 3 heteroatoms. The number of rotatable bonds is 2. The van der Waals surface area contributed by atoms with E-state index in [2.05, 4.69) is 27.6 Å². The molecule has 0 unspecified atom stereocenters. The number of nitrogens with zero attached hydrogens (tertiary/aromatic N) is 3. The molecule has 3 nitrogen and oxygen atoms in total. The first-order valence-corrected chi connectivity index (χ1v) is 4.60. The Balaban J connectivity index is 2.08. The molecule has 0 spiro atoms. The van der Waals surface area contributed by atoms with Crippen molar-refractivity contribution in [2.24, 2.45) is 15.4 Å². The Labute approximate surface area is 82.9 Å². The molecule has 0 N–H and O–H groups in total. The molecule has 0 aliphatic carbocycles. The standard InChI is InChI=1S/C11H11N3/c1-2-5-10(6-3-1)9-11-7-4-8-12-14-13-11/h1-3,5-8H,4,9H2. The molecule has 1 heterocycles. The smallest absolute Gasteiger partial charge is 0.0656 e. The highest BCUT2D eigenvalue weighted by Crippen LogP contribution is 2.11. The lowest BCUT2D eigenvalue weighted by Crippen LogP contribution is -1.86. The summed E-state index contributed by atoms with van der Waals surface area (Å²) in [4.78, 5) is 0. The van der Waals surface area contributed by atoms with Crippen LogP contribution in [0.5, 0.6) is 0 Å². The van der Waals surface area contributed by atoms with Gasteiger partial charge in [0.1, 0.15) is 0 Å². The zero-order chi connectivity index (χ0) is 9.64. The molecule has 0 saturated carbocycles. The van der Waals surface area contributed by atoms with Crippen LogP contribution in [0.4, 0.5) is 0 Å². The SMILES string of the molecule is C1=NN=NC(Cc2ccccc2)=CC1. The summed E-state index contributed by atoms with van der Waals surface area (Å²) in [6.07, 6.45) is 5.44. The minimum Gasteiger partial charge on any atom is -0.143 e. The van der Waals surface area contributed by atoms with E-state index in [1.54, 1.807) is 6.21 Å². The van der Waals surface area contributed by atoms with Crippen LogP contribution in [0.1, 0.15) is 12.0 Å². The summed E-state index contributed by atoms with van der Waals surface area (Å²) >= 11 is 0. The van der Waals surface area contributed by atoms with Crippen LogP contribution >= 0.6 is 0 Å². The fraction of sp³-hybridized carbons (Fsp3) is 0.182. The number of hydrogen-bond acceptors (Lipinski definition) is 3. The molecule has 0 fully saturated rings. The van der Waals surface area contributed by atoms with Gasteiger partial charge in [-0.2, -0.15) is 0 Å². The maximum atomic E-state index is 4.01. The highest BCUT2D eigenvalue weighted by molar-refractivity contribution is 5.59. The van der Waals surface area contributed by atoms with Crippen molar-refractivity contribution in [3.05, 3.63) is 47.7 Å². The Morgan fingerprint density at radius 2 is 2.00 bits per heavy atom. The van der Waals surface area contributed by atoms with Crippen LogP contribution in [0.2, 0.25) is 0 Å². The zero-order valence-corrected chi connectivity index (χ0v) is 7.80. The predicted molar refractivity (Wildman–Crippen MR) is 56.2 cm³/mol. The Bertz CT molecular complexity index is 377. The van der Waals surface area contributed by atoms with E-state index in [0.29, 0.717) is 0 Å². The molecule has 1 aliphatic heterocycles. The normalized spacial score (nSPS) is 15.0. The molecule has 0 atom stereocenters. The summed E-state index contributed by atoms with van der Waals surface area (Å²) < 4.78 is 0. The monoisotopic (exact) mass is 185 g/mol. The molecule has 14 heavy (non-hydrogen) atoms. The van der Waals surface area contributed by atoms with Crippen LogP contribution in [0.25, 0.3) is 0 Å². The van der Waals surface area contributed by atoms with E-state index in [9.17, 15) is 0 Å². The molecular formula is C11H11N3. The molecule has 0 radical (unpaired) electrons. The third-order valence-electron chi connectivity index (χ3n) is 1.99. The second kappa shape index (κ2) is 4.46.